The molecule has 3 N–H and O–H groups in total. The Morgan fingerprint density at radius 2 is 2.14 bits per heavy atom. The van der Waals surface area contributed by atoms with Crippen LogP contribution >= 0.6 is 11.6 Å². The number of amidine groups is 1. The van der Waals surface area contributed by atoms with E-state index in [1.54, 1.807) is 18.2 Å². The molecular formula is C16H15ClN2O2. The fourth-order valence-corrected chi connectivity index (χ4v) is 2.64. The van der Waals surface area contributed by atoms with Gasteiger partial charge in [-0.15, -0.1) is 0 Å². The first-order valence-electron chi connectivity index (χ1n) is 6.63. The van der Waals surface area contributed by atoms with E-state index >= 15 is 0 Å². The SMILES string of the molecule is N=C(N)c1ccc(OCC2COc3ccccc32)cc1Cl. The summed E-state index contributed by atoms with van der Waals surface area (Å²) in [5.74, 6) is 1.75. The van der Waals surface area contributed by atoms with Crippen molar-refractivity contribution in [1.82, 2.24) is 0 Å². The lowest BCUT2D eigenvalue weighted by molar-refractivity contribution is 0.248. The summed E-state index contributed by atoms with van der Waals surface area (Å²) in [6, 6.07) is 13.1. The van der Waals surface area contributed by atoms with Crippen molar-refractivity contribution in [2.75, 3.05) is 13.2 Å². The topological polar surface area (TPSA) is 68.3 Å². The minimum Gasteiger partial charge on any atom is -0.493 e. The lowest BCUT2D eigenvalue weighted by Gasteiger charge is -2.12. The molecule has 108 valence electrons. The van der Waals surface area contributed by atoms with E-state index in [1.807, 2.05) is 18.2 Å². The van der Waals surface area contributed by atoms with E-state index in [0.29, 0.717) is 29.5 Å². The summed E-state index contributed by atoms with van der Waals surface area (Å²) in [5.41, 5.74) is 7.12. The highest BCUT2D eigenvalue weighted by atomic mass is 35.5. The first-order valence-corrected chi connectivity index (χ1v) is 7.01. The Labute approximate surface area is 127 Å². The number of hydrogen-bond acceptors (Lipinski definition) is 3. The maximum atomic E-state index is 7.40. The van der Waals surface area contributed by atoms with Crippen molar-refractivity contribution in [2.45, 2.75) is 5.92 Å². The first-order chi connectivity index (χ1) is 10.1. The van der Waals surface area contributed by atoms with Crippen LogP contribution in [0.15, 0.2) is 42.5 Å². The molecule has 0 fully saturated rings. The van der Waals surface area contributed by atoms with Gasteiger partial charge < -0.3 is 15.2 Å². The third kappa shape index (κ3) is 2.81. The highest BCUT2D eigenvalue weighted by Crippen LogP contribution is 2.34. The van der Waals surface area contributed by atoms with Crippen LogP contribution < -0.4 is 15.2 Å². The molecule has 0 spiro atoms. The molecule has 1 aliphatic heterocycles. The Balaban J connectivity index is 1.69. The van der Waals surface area contributed by atoms with Gasteiger partial charge in [-0.3, -0.25) is 5.41 Å². The van der Waals surface area contributed by atoms with Crippen LogP contribution in [0.25, 0.3) is 0 Å². The van der Waals surface area contributed by atoms with Gasteiger partial charge in [0, 0.05) is 11.1 Å². The average molecular weight is 303 g/mol. The zero-order valence-electron chi connectivity index (χ0n) is 11.3. The van der Waals surface area contributed by atoms with E-state index in [4.69, 9.17) is 32.2 Å². The van der Waals surface area contributed by atoms with Crippen LogP contribution in [0.1, 0.15) is 17.0 Å². The Kier molecular flexibility index (Phi) is 3.71. The van der Waals surface area contributed by atoms with Crippen molar-refractivity contribution >= 4 is 17.4 Å². The van der Waals surface area contributed by atoms with Gasteiger partial charge in [0.05, 0.1) is 24.2 Å². The monoisotopic (exact) mass is 302 g/mol. The predicted octanol–water partition coefficient (Wildman–Crippen LogP) is 3.18. The molecule has 21 heavy (non-hydrogen) atoms. The molecule has 0 saturated heterocycles. The number of para-hydroxylation sites is 1. The molecule has 2 aromatic carbocycles. The Morgan fingerprint density at radius 3 is 2.90 bits per heavy atom. The molecule has 0 bridgehead atoms. The van der Waals surface area contributed by atoms with Crippen molar-refractivity contribution in [3.05, 3.63) is 58.6 Å². The van der Waals surface area contributed by atoms with Gasteiger partial charge in [0.25, 0.3) is 0 Å². The molecule has 3 rings (SSSR count). The zero-order chi connectivity index (χ0) is 14.8. The van der Waals surface area contributed by atoms with Crippen molar-refractivity contribution in [2.24, 2.45) is 5.73 Å². The molecule has 1 atom stereocenters. The maximum absolute atomic E-state index is 7.40. The Bertz CT molecular complexity index is 688. The van der Waals surface area contributed by atoms with Crippen molar-refractivity contribution < 1.29 is 9.47 Å². The molecule has 0 aromatic heterocycles. The predicted molar refractivity (Wildman–Crippen MR) is 82.6 cm³/mol. The molecule has 4 nitrogen and oxygen atoms in total. The van der Waals surface area contributed by atoms with E-state index in [1.165, 1.54) is 5.56 Å². The van der Waals surface area contributed by atoms with Crippen LogP contribution in [0.3, 0.4) is 0 Å². The highest BCUT2D eigenvalue weighted by molar-refractivity contribution is 6.34. The van der Waals surface area contributed by atoms with Crippen LogP contribution in [0.4, 0.5) is 0 Å². The molecule has 0 radical (unpaired) electrons. The maximum Gasteiger partial charge on any atom is 0.124 e. The normalized spacial score (nSPS) is 16.1. The van der Waals surface area contributed by atoms with Crippen molar-refractivity contribution in [3.63, 3.8) is 0 Å². The second kappa shape index (κ2) is 5.66. The van der Waals surface area contributed by atoms with Gasteiger partial charge >= 0.3 is 0 Å². The molecular weight excluding hydrogens is 288 g/mol. The number of rotatable bonds is 4. The lowest BCUT2D eigenvalue weighted by atomic mass is 10.0. The van der Waals surface area contributed by atoms with Crippen LogP contribution in [0.2, 0.25) is 5.02 Å². The lowest BCUT2D eigenvalue weighted by Crippen LogP contribution is -2.13. The number of ether oxygens (including phenoxy) is 2. The zero-order valence-corrected chi connectivity index (χ0v) is 12.1. The molecule has 0 amide bonds. The van der Waals surface area contributed by atoms with Gasteiger partial charge in [0.2, 0.25) is 0 Å². The number of benzene rings is 2. The van der Waals surface area contributed by atoms with E-state index in [9.17, 15) is 0 Å². The highest BCUT2D eigenvalue weighted by Gasteiger charge is 2.24. The summed E-state index contributed by atoms with van der Waals surface area (Å²) in [6.45, 7) is 1.14. The second-order valence-corrected chi connectivity index (χ2v) is 5.32. The van der Waals surface area contributed by atoms with E-state index < -0.39 is 0 Å². The van der Waals surface area contributed by atoms with Crippen molar-refractivity contribution in [3.8, 4) is 11.5 Å². The summed E-state index contributed by atoms with van der Waals surface area (Å²) < 4.78 is 11.4. The number of nitrogens with two attached hydrogens (primary N) is 1. The fraction of sp³-hybridized carbons (Fsp3) is 0.188. The summed E-state index contributed by atoms with van der Waals surface area (Å²) in [5, 5.41) is 7.82. The largest absolute Gasteiger partial charge is 0.493 e. The van der Waals surface area contributed by atoms with Gasteiger partial charge in [0.15, 0.2) is 0 Å². The summed E-state index contributed by atoms with van der Waals surface area (Å²) in [7, 11) is 0. The summed E-state index contributed by atoms with van der Waals surface area (Å²) in [4.78, 5) is 0. The number of hydrogen-bond donors (Lipinski definition) is 2. The third-order valence-corrected chi connectivity index (χ3v) is 3.79. The van der Waals surface area contributed by atoms with Crippen LogP contribution in [-0.2, 0) is 0 Å². The summed E-state index contributed by atoms with van der Waals surface area (Å²) in [6.07, 6.45) is 0. The van der Waals surface area contributed by atoms with E-state index in [0.717, 1.165) is 5.75 Å². The van der Waals surface area contributed by atoms with Gasteiger partial charge in [-0.1, -0.05) is 29.8 Å². The Morgan fingerprint density at radius 1 is 1.33 bits per heavy atom. The standard InChI is InChI=1S/C16H15ClN2O2/c17-14-7-11(5-6-13(14)16(18)19)20-8-10-9-21-15-4-2-1-3-12(10)15/h1-7,10H,8-9H2,(H3,18,19). The van der Waals surface area contributed by atoms with Crippen LogP contribution in [0.5, 0.6) is 11.5 Å². The summed E-state index contributed by atoms with van der Waals surface area (Å²) >= 11 is 6.08. The van der Waals surface area contributed by atoms with E-state index in [-0.39, 0.29) is 11.8 Å². The fourth-order valence-electron chi connectivity index (χ4n) is 2.37. The number of halogens is 1. The minimum atomic E-state index is -0.0512. The van der Waals surface area contributed by atoms with Gasteiger partial charge in [-0.05, 0) is 24.3 Å². The Hall–Kier alpha value is -2.20. The smallest absolute Gasteiger partial charge is 0.124 e. The molecule has 5 heteroatoms. The minimum absolute atomic E-state index is 0.0512. The van der Waals surface area contributed by atoms with Gasteiger partial charge in [0.1, 0.15) is 17.3 Å². The number of fused-ring (bicyclic) bond motifs is 1. The number of nitrogen functional groups attached to an aromatic ring is 1. The molecule has 1 unspecified atom stereocenters. The van der Waals surface area contributed by atoms with Crippen LogP contribution in [-0.4, -0.2) is 19.0 Å². The molecule has 0 aliphatic carbocycles. The van der Waals surface area contributed by atoms with Crippen molar-refractivity contribution in [1.29, 1.82) is 5.41 Å². The van der Waals surface area contributed by atoms with Crippen LogP contribution in [0, 0.1) is 5.41 Å². The van der Waals surface area contributed by atoms with Gasteiger partial charge in [-0.25, -0.2) is 0 Å². The van der Waals surface area contributed by atoms with Gasteiger partial charge in [-0.2, -0.15) is 0 Å². The first kappa shape index (κ1) is 13.8. The molecule has 1 heterocycles. The molecule has 2 aromatic rings. The second-order valence-electron chi connectivity index (χ2n) is 4.91. The quantitative estimate of drug-likeness (QED) is 0.673. The van der Waals surface area contributed by atoms with E-state index in [2.05, 4.69) is 6.07 Å². The average Bonchev–Trinajstić information content (AvgIpc) is 2.88. The number of nitrogens with one attached hydrogen (secondary N) is 1. The molecule has 0 saturated carbocycles. The third-order valence-electron chi connectivity index (χ3n) is 3.48. The molecule has 1 aliphatic rings.